The molecule has 2 saturated carbocycles. The number of benzene rings is 1. The molecule has 39 heavy (non-hydrogen) atoms. The standard InChI is InChI=1S/C33H48O6/c1-22-23(2)30(39-32(35)26-15-18-33(3,19-16-26)17-5-8-28-21-37-28)14-13-29(22)38-31(34)25-11-9-24(10-12-25)6-4-7-27-20-36-27/h13-14,24-28H,4-12,15-21H2,1-3H3. The van der Waals surface area contributed by atoms with Gasteiger partial charge in [0.15, 0.2) is 0 Å². The largest absolute Gasteiger partial charge is 0.426 e. The summed E-state index contributed by atoms with van der Waals surface area (Å²) in [6.07, 6.45) is 16.2. The maximum absolute atomic E-state index is 13.0. The summed E-state index contributed by atoms with van der Waals surface area (Å²) >= 11 is 0. The molecule has 2 aliphatic carbocycles. The van der Waals surface area contributed by atoms with Crippen LogP contribution in [0.15, 0.2) is 12.1 Å². The van der Waals surface area contributed by atoms with Gasteiger partial charge >= 0.3 is 11.9 Å². The molecule has 0 radical (unpaired) electrons. The smallest absolute Gasteiger partial charge is 0.314 e. The van der Waals surface area contributed by atoms with Gasteiger partial charge in [0.25, 0.3) is 0 Å². The van der Waals surface area contributed by atoms with Gasteiger partial charge < -0.3 is 18.9 Å². The van der Waals surface area contributed by atoms with Crippen molar-refractivity contribution in [1.82, 2.24) is 0 Å². The van der Waals surface area contributed by atoms with Crippen LogP contribution in [0.25, 0.3) is 0 Å². The number of carbonyl (C=O) groups excluding carboxylic acids is 2. The average Bonchev–Trinajstić information content (AvgIpc) is 3.86. The normalized spacial score (nSPS) is 31.9. The van der Waals surface area contributed by atoms with Crippen LogP contribution < -0.4 is 9.47 Å². The molecule has 2 saturated heterocycles. The topological polar surface area (TPSA) is 77.7 Å². The summed E-state index contributed by atoms with van der Waals surface area (Å²) in [7, 11) is 0. The van der Waals surface area contributed by atoms with E-state index in [4.69, 9.17) is 18.9 Å². The highest BCUT2D eigenvalue weighted by Gasteiger charge is 2.35. The van der Waals surface area contributed by atoms with Crippen molar-refractivity contribution >= 4 is 11.9 Å². The number of rotatable bonds is 12. The Morgan fingerprint density at radius 3 is 1.77 bits per heavy atom. The molecule has 2 unspecified atom stereocenters. The van der Waals surface area contributed by atoms with Crippen LogP contribution in [0.1, 0.15) is 108 Å². The lowest BCUT2D eigenvalue weighted by molar-refractivity contribution is -0.141. The highest BCUT2D eigenvalue weighted by molar-refractivity contribution is 5.77. The van der Waals surface area contributed by atoms with Gasteiger partial charge in [0.1, 0.15) is 11.5 Å². The molecule has 0 amide bonds. The summed E-state index contributed by atoms with van der Waals surface area (Å²) < 4.78 is 22.4. The lowest BCUT2D eigenvalue weighted by Gasteiger charge is -2.36. The summed E-state index contributed by atoms with van der Waals surface area (Å²) in [5.74, 6) is 1.56. The third-order valence-electron chi connectivity index (χ3n) is 10.1. The van der Waals surface area contributed by atoms with E-state index in [2.05, 4.69) is 6.92 Å². The Bertz CT molecular complexity index is 994. The fourth-order valence-corrected chi connectivity index (χ4v) is 6.72. The van der Waals surface area contributed by atoms with Gasteiger partial charge in [0.05, 0.1) is 37.3 Å². The van der Waals surface area contributed by atoms with Crippen LogP contribution >= 0.6 is 0 Å². The van der Waals surface area contributed by atoms with Crippen molar-refractivity contribution in [3.05, 3.63) is 23.3 Å². The van der Waals surface area contributed by atoms with Gasteiger partial charge in [-0.05, 0) is 119 Å². The number of esters is 2. The highest BCUT2D eigenvalue weighted by atomic mass is 16.6. The van der Waals surface area contributed by atoms with Gasteiger partial charge in [-0.1, -0.05) is 26.2 Å². The Morgan fingerprint density at radius 2 is 1.26 bits per heavy atom. The summed E-state index contributed by atoms with van der Waals surface area (Å²) in [6, 6.07) is 3.58. The SMILES string of the molecule is Cc1c(OC(=O)C2CCC(CCCC3CO3)CC2)ccc(OC(=O)C2CCC(C)(CCCC3CO3)CC2)c1C. The van der Waals surface area contributed by atoms with E-state index in [1.54, 1.807) is 12.1 Å². The zero-order chi connectivity index (χ0) is 27.4. The molecule has 2 heterocycles. The van der Waals surface area contributed by atoms with Crippen LogP contribution in [-0.4, -0.2) is 37.4 Å². The molecule has 4 aliphatic rings. The molecular weight excluding hydrogens is 492 g/mol. The molecule has 1 aromatic carbocycles. The average molecular weight is 541 g/mol. The van der Waals surface area contributed by atoms with E-state index in [0.717, 1.165) is 81.6 Å². The van der Waals surface area contributed by atoms with E-state index in [0.29, 0.717) is 29.1 Å². The summed E-state index contributed by atoms with van der Waals surface area (Å²) in [6.45, 7) is 8.12. The first-order chi connectivity index (χ1) is 18.8. The van der Waals surface area contributed by atoms with Crippen LogP contribution in [0, 0.1) is 37.0 Å². The number of hydrogen-bond donors (Lipinski definition) is 0. The molecule has 5 rings (SSSR count). The minimum absolute atomic E-state index is 0.0238. The Labute approximate surface area is 234 Å². The summed E-state index contributed by atoms with van der Waals surface area (Å²) in [5, 5.41) is 0. The van der Waals surface area contributed by atoms with Crippen molar-refractivity contribution in [3.8, 4) is 11.5 Å². The van der Waals surface area contributed by atoms with Crippen molar-refractivity contribution in [3.63, 3.8) is 0 Å². The van der Waals surface area contributed by atoms with Crippen molar-refractivity contribution in [2.24, 2.45) is 23.2 Å². The van der Waals surface area contributed by atoms with Gasteiger partial charge in [0.2, 0.25) is 0 Å². The van der Waals surface area contributed by atoms with Gasteiger partial charge in [0, 0.05) is 0 Å². The van der Waals surface area contributed by atoms with E-state index >= 15 is 0 Å². The molecule has 2 aliphatic heterocycles. The molecule has 2 atom stereocenters. The first kappa shape index (κ1) is 28.6. The first-order valence-electron chi connectivity index (χ1n) is 15.6. The zero-order valence-electron chi connectivity index (χ0n) is 24.3. The monoisotopic (exact) mass is 540 g/mol. The minimum atomic E-state index is -0.128. The van der Waals surface area contributed by atoms with Crippen molar-refractivity contribution in [2.45, 2.75) is 123 Å². The van der Waals surface area contributed by atoms with Gasteiger partial charge in [-0.25, -0.2) is 0 Å². The molecular formula is C33H48O6. The number of carbonyl (C=O) groups is 2. The summed E-state index contributed by atoms with van der Waals surface area (Å²) in [4.78, 5) is 26.0. The molecule has 0 N–H and O–H groups in total. The van der Waals surface area contributed by atoms with E-state index in [9.17, 15) is 9.59 Å². The van der Waals surface area contributed by atoms with Gasteiger partial charge in [-0.15, -0.1) is 0 Å². The van der Waals surface area contributed by atoms with E-state index in [-0.39, 0.29) is 23.8 Å². The third-order valence-corrected chi connectivity index (χ3v) is 10.1. The fraction of sp³-hybridized carbons (Fsp3) is 0.758. The van der Waals surface area contributed by atoms with Crippen LogP contribution in [0.4, 0.5) is 0 Å². The lowest BCUT2D eigenvalue weighted by atomic mass is 9.69. The predicted molar refractivity (Wildman–Crippen MR) is 150 cm³/mol. The third kappa shape index (κ3) is 8.07. The van der Waals surface area contributed by atoms with Crippen LogP contribution in [-0.2, 0) is 19.1 Å². The van der Waals surface area contributed by atoms with Crippen molar-refractivity contribution in [2.75, 3.05) is 13.2 Å². The minimum Gasteiger partial charge on any atom is -0.426 e. The van der Waals surface area contributed by atoms with Gasteiger partial charge in [-0.2, -0.15) is 0 Å². The quantitative estimate of drug-likeness (QED) is 0.158. The number of hydrogen-bond acceptors (Lipinski definition) is 6. The Morgan fingerprint density at radius 1 is 0.769 bits per heavy atom. The molecule has 6 nitrogen and oxygen atoms in total. The van der Waals surface area contributed by atoms with Gasteiger partial charge in [-0.3, -0.25) is 9.59 Å². The van der Waals surface area contributed by atoms with E-state index < -0.39 is 0 Å². The number of ether oxygens (including phenoxy) is 4. The number of epoxide rings is 2. The Kier molecular flexibility index (Phi) is 9.33. The van der Waals surface area contributed by atoms with Crippen LogP contribution in [0.5, 0.6) is 11.5 Å². The Hall–Kier alpha value is -1.92. The molecule has 0 spiro atoms. The predicted octanol–water partition coefficient (Wildman–Crippen LogP) is 7.26. The lowest BCUT2D eigenvalue weighted by Crippen LogP contribution is -2.30. The van der Waals surface area contributed by atoms with Crippen LogP contribution in [0.3, 0.4) is 0 Å². The second-order valence-corrected chi connectivity index (χ2v) is 13.2. The van der Waals surface area contributed by atoms with Crippen molar-refractivity contribution < 1.29 is 28.5 Å². The maximum atomic E-state index is 13.0. The molecule has 0 bridgehead atoms. The zero-order valence-corrected chi connectivity index (χ0v) is 24.3. The Balaban J connectivity index is 1.06. The molecule has 6 heteroatoms. The summed E-state index contributed by atoms with van der Waals surface area (Å²) in [5.41, 5.74) is 2.05. The van der Waals surface area contributed by atoms with E-state index in [1.807, 2.05) is 13.8 Å². The first-order valence-corrected chi connectivity index (χ1v) is 15.6. The second kappa shape index (κ2) is 12.7. The van der Waals surface area contributed by atoms with Crippen molar-refractivity contribution in [1.29, 1.82) is 0 Å². The highest BCUT2D eigenvalue weighted by Crippen LogP contribution is 2.43. The molecule has 1 aromatic rings. The maximum Gasteiger partial charge on any atom is 0.314 e. The molecule has 0 aromatic heterocycles. The second-order valence-electron chi connectivity index (χ2n) is 13.2. The fourth-order valence-electron chi connectivity index (χ4n) is 6.72. The molecule has 216 valence electrons. The van der Waals surface area contributed by atoms with Crippen LogP contribution in [0.2, 0.25) is 0 Å². The molecule has 4 fully saturated rings. The van der Waals surface area contributed by atoms with E-state index in [1.165, 1.54) is 38.5 Å².